The van der Waals surface area contributed by atoms with E-state index in [4.69, 9.17) is 9.83 Å². The second-order valence-electron chi connectivity index (χ2n) is 6.31. The van der Waals surface area contributed by atoms with Gasteiger partial charge in [-0.2, -0.15) is 0 Å². The van der Waals surface area contributed by atoms with Crippen molar-refractivity contribution in [2.24, 2.45) is 0 Å². The van der Waals surface area contributed by atoms with Crippen LogP contribution >= 0.6 is 24.8 Å². The van der Waals surface area contributed by atoms with Gasteiger partial charge in [0.05, 0.1) is 0 Å². The molecule has 1 N–H and O–H groups in total. The number of piperazine rings is 1. The molecule has 1 aliphatic rings. The molecule has 3 rings (SSSR count). The van der Waals surface area contributed by atoms with Crippen LogP contribution in [0, 0.1) is 5.41 Å². The Morgan fingerprint density at radius 1 is 1.08 bits per heavy atom. The molecule has 1 saturated heterocycles. The van der Waals surface area contributed by atoms with Crippen LogP contribution in [0.3, 0.4) is 0 Å². The highest BCUT2D eigenvalue weighted by Gasteiger charge is 2.21. The highest BCUT2D eigenvalue weighted by atomic mass is 35.5. The minimum atomic E-state index is 0. The van der Waals surface area contributed by atoms with Gasteiger partial charge < -0.3 is 9.32 Å². The number of para-hydroxylation sites is 1. The van der Waals surface area contributed by atoms with Crippen LogP contribution in [-0.2, 0) is 12.8 Å². The quantitative estimate of drug-likeness (QED) is 0.612. The second kappa shape index (κ2) is 10.0. The van der Waals surface area contributed by atoms with E-state index in [0.717, 1.165) is 49.8 Å². The summed E-state index contributed by atoms with van der Waals surface area (Å²) >= 11 is 0. The van der Waals surface area contributed by atoms with Gasteiger partial charge in [0, 0.05) is 50.0 Å². The third-order valence-corrected chi connectivity index (χ3v) is 4.74. The fraction of sp³-hybridized carbons (Fsp3) is 0.526. The molecule has 0 amide bonds. The van der Waals surface area contributed by atoms with Gasteiger partial charge in [0.15, 0.2) is 0 Å². The lowest BCUT2D eigenvalue weighted by atomic mass is 10.0. The summed E-state index contributed by atoms with van der Waals surface area (Å²) in [6.45, 7) is 9.60. The normalized spacial score (nSPS) is 14.9. The number of rotatable bonds is 5. The summed E-state index contributed by atoms with van der Waals surface area (Å²) in [7, 11) is 0. The van der Waals surface area contributed by atoms with Gasteiger partial charge in [0.2, 0.25) is 0 Å². The molecular weight excluding hydrogens is 357 g/mol. The number of furan rings is 1. The topological polar surface area (TPSA) is 43.5 Å². The van der Waals surface area contributed by atoms with Crippen LogP contribution in [0.25, 0.3) is 11.0 Å². The average molecular weight is 386 g/mol. The molecule has 0 aliphatic carbocycles. The third kappa shape index (κ3) is 4.90. The Labute approximate surface area is 162 Å². The molecule has 4 nitrogen and oxygen atoms in total. The van der Waals surface area contributed by atoms with Crippen molar-refractivity contribution in [3.05, 3.63) is 35.6 Å². The highest BCUT2D eigenvalue weighted by molar-refractivity contribution is 5.90. The van der Waals surface area contributed by atoms with Crippen molar-refractivity contribution in [3.8, 4) is 0 Å². The summed E-state index contributed by atoms with van der Waals surface area (Å²) < 4.78 is 5.96. The number of hydrogen-bond donors (Lipinski definition) is 1. The number of hydrogen-bond acceptors (Lipinski definition) is 3. The van der Waals surface area contributed by atoms with E-state index in [-0.39, 0.29) is 24.8 Å². The molecule has 0 atom stereocenters. The van der Waals surface area contributed by atoms with Gasteiger partial charge >= 0.3 is 0 Å². The summed E-state index contributed by atoms with van der Waals surface area (Å²) in [5.41, 5.74) is 2.14. The molecule has 0 radical (unpaired) electrons. The molecule has 0 saturated carbocycles. The van der Waals surface area contributed by atoms with Crippen LogP contribution in [0.15, 0.2) is 28.7 Å². The molecule has 25 heavy (non-hydrogen) atoms. The van der Waals surface area contributed by atoms with Crippen LogP contribution in [0.4, 0.5) is 0 Å². The molecule has 1 fully saturated rings. The van der Waals surface area contributed by atoms with E-state index in [9.17, 15) is 0 Å². The molecular formula is C19H29Cl2N3O. The number of halogens is 2. The first-order valence-electron chi connectivity index (χ1n) is 8.77. The van der Waals surface area contributed by atoms with Gasteiger partial charge in [-0.25, -0.2) is 0 Å². The van der Waals surface area contributed by atoms with Crippen molar-refractivity contribution >= 4 is 41.6 Å². The van der Waals surface area contributed by atoms with E-state index < -0.39 is 0 Å². The van der Waals surface area contributed by atoms with Crippen LogP contribution in [0.1, 0.15) is 31.6 Å². The minimum Gasteiger partial charge on any atom is -0.461 e. The first-order valence-corrected chi connectivity index (χ1v) is 8.77. The Morgan fingerprint density at radius 3 is 2.40 bits per heavy atom. The van der Waals surface area contributed by atoms with Crippen molar-refractivity contribution in [2.45, 2.75) is 33.1 Å². The zero-order valence-corrected chi connectivity index (χ0v) is 16.7. The minimum absolute atomic E-state index is 0. The van der Waals surface area contributed by atoms with Crippen LogP contribution in [0.5, 0.6) is 0 Å². The van der Waals surface area contributed by atoms with Crippen LogP contribution in [-0.4, -0.2) is 48.4 Å². The Balaban J connectivity index is 0.00000156. The van der Waals surface area contributed by atoms with E-state index in [0.29, 0.717) is 6.42 Å². The lowest BCUT2D eigenvalue weighted by Crippen LogP contribution is -2.49. The number of nitrogens with one attached hydrogen (secondary N) is 1. The maximum absolute atomic E-state index is 8.54. The molecule has 2 aromatic rings. The van der Waals surface area contributed by atoms with Gasteiger partial charge in [0.1, 0.15) is 17.2 Å². The number of fused-ring (bicyclic) bond motifs is 1. The Bertz CT molecular complexity index is 678. The van der Waals surface area contributed by atoms with Crippen molar-refractivity contribution < 1.29 is 4.42 Å². The van der Waals surface area contributed by atoms with Crippen molar-refractivity contribution in [2.75, 3.05) is 32.7 Å². The number of amidine groups is 1. The number of nitrogens with zero attached hydrogens (tertiary/aromatic N) is 2. The maximum Gasteiger partial charge on any atom is 0.134 e. The number of aryl methyl sites for hydroxylation is 1. The fourth-order valence-corrected chi connectivity index (χ4v) is 3.47. The first-order chi connectivity index (χ1) is 11.2. The summed E-state index contributed by atoms with van der Waals surface area (Å²) in [4.78, 5) is 4.72. The molecule has 1 aromatic heterocycles. The van der Waals surface area contributed by atoms with Gasteiger partial charge in [-0.1, -0.05) is 32.0 Å². The maximum atomic E-state index is 8.54. The fourth-order valence-electron chi connectivity index (χ4n) is 3.47. The van der Waals surface area contributed by atoms with Crippen molar-refractivity contribution in [3.63, 3.8) is 0 Å². The largest absolute Gasteiger partial charge is 0.461 e. The zero-order valence-electron chi connectivity index (χ0n) is 15.1. The first kappa shape index (κ1) is 21.8. The van der Waals surface area contributed by atoms with Gasteiger partial charge in [-0.05, 0) is 19.0 Å². The summed E-state index contributed by atoms with van der Waals surface area (Å²) in [6.07, 6.45) is 2.76. The molecule has 6 heteroatoms. The Hall–Kier alpha value is -1.23. The van der Waals surface area contributed by atoms with E-state index in [1.54, 1.807) is 0 Å². The second-order valence-corrected chi connectivity index (χ2v) is 6.31. The summed E-state index contributed by atoms with van der Waals surface area (Å²) in [5, 5.41) is 9.71. The smallest absolute Gasteiger partial charge is 0.134 e. The van der Waals surface area contributed by atoms with Crippen LogP contribution in [0.2, 0.25) is 0 Å². The standard InChI is InChI=1S/C19H27N3O.2ClH/c1-3-9-21-10-12-22(13-11-21)19(20)14-16-15-7-5-6-8-18(15)23-17(16)4-2;;/h5-8,20H,3-4,9-14H2,1-2H3;2*1H. The average Bonchev–Trinajstić information content (AvgIpc) is 2.94. The highest BCUT2D eigenvalue weighted by Crippen LogP contribution is 2.27. The van der Waals surface area contributed by atoms with E-state index in [2.05, 4.69) is 29.7 Å². The van der Waals surface area contributed by atoms with Gasteiger partial charge in [0.25, 0.3) is 0 Å². The van der Waals surface area contributed by atoms with Crippen LogP contribution < -0.4 is 0 Å². The molecule has 0 spiro atoms. The monoisotopic (exact) mass is 385 g/mol. The molecule has 2 heterocycles. The molecule has 1 aromatic carbocycles. The van der Waals surface area contributed by atoms with E-state index in [1.165, 1.54) is 23.9 Å². The Morgan fingerprint density at radius 2 is 1.76 bits per heavy atom. The molecule has 140 valence electrons. The van der Waals surface area contributed by atoms with E-state index in [1.807, 2.05) is 18.2 Å². The predicted molar refractivity (Wildman–Crippen MR) is 110 cm³/mol. The lowest BCUT2D eigenvalue weighted by Gasteiger charge is -2.36. The number of benzene rings is 1. The molecule has 1 aliphatic heterocycles. The zero-order chi connectivity index (χ0) is 16.2. The molecule has 0 bridgehead atoms. The van der Waals surface area contributed by atoms with Gasteiger partial charge in [-0.15, -0.1) is 24.8 Å². The predicted octanol–water partition coefficient (Wildman–Crippen LogP) is 4.39. The molecule has 0 unspecified atom stereocenters. The SMILES string of the molecule is CCCN1CCN(C(=N)Cc2c(CC)oc3ccccc23)CC1.Cl.Cl. The van der Waals surface area contributed by atoms with Gasteiger partial charge in [-0.3, -0.25) is 10.3 Å². The third-order valence-electron chi connectivity index (χ3n) is 4.74. The lowest BCUT2D eigenvalue weighted by molar-refractivity contribution is 0.180. The summed E-state index contributed by atoms with van der Waals surface area (Å²) in [6, 6.07) is 8.19. The summed E-state index contributed by atoms with van der Waals surface area (Å²) in [5.74, 6) is 1.75. The Kier molecular flexibility index (Phi) is 8.77. The van der Waals surface area contributed by atoms with E-state index >= 15 is 0 Å². The van der Waals surface area contributed by atoms with Crippen molar-refractivity contribution in [1.29, 1.82) is 5.41 Å². The van der Waals surface area contributed by atoms with Crippen molar-refractivity contribution in [1.82, 2.24) is 9.80 Å².